The van der Waals surface area contributed by atoms with Gasteiger partial charge in [0, 0.05) is 29.0 Å². The molecule has 3 nitrogen and oxygen atoms in total. The second-order valence-electron chi connectivity index (χ2n) is 5.73. The topological polar surface area (TPSA) is 30.5 Å². The minimum Gasteiger partial charge on any atom is -0.496 e. The van der Waals surface area contributed by atoms with Crippen LogP contribution in [0.2, 0.25) is 0 Å². The van der Waals surface area contributed by atoms with Gasteiger partial charge in [0.25, 0.3) is 0 Å². The molecule has 0 spiro atoms. The fourth-order valence-corrected chi connectivity index (χ4v) is 3.58. The van der Waals surface area contributed by atoms with Crippen molar-refractivity contribution in [3.05, 3.63) is 53.6 Å². The minimum absolute atomic E-state index is 0.246. The second-order valence-corrected chi connectivity index (χ2v) is 6.58. The molecule has 1 heterocycles. The van der Waals surface area contributed by atoms with Crippen LogP contribution in [-0.4, -0.2) is 20.0 Å². The van der Waals surface area contributed by atoms with Crippen LogP contribution in [0.4, 0.5) is 0 Å². The van der Waals surface area contributed by atoms with Gasteiger partial charge in [-0.05, 0) is 36.9 Å². The Morgan fingerprint density at radius 3 is 2.87 bits per heavy atom. The summed E-state index contributed by atoms with van der Waals surface area (Å²) in [5.41, 5.74) is 2.49. The molecule has 0 saturated carbocycles. The molecule has 0 aliphatic carbocycles. The van der Waals surface area contributed by atoms with E-state index in [1.165, 1.54) is 16.0 Å². The fraction of sp³-hybridized carbons (Fsp3) is 0.368. The Morgan fingerprint density at radius 1 is 1.26 bits per heavy atom. The molecule has 3 rings (SSSR count). The van der Waals surface area contributed by atoms with Crippen LogP contribution in [0.3, 0.4) is 0 Å². The van der Waals surface area contributed by atoms with Crippen molar-refractivity contribution in [2.45, 2.75) is 30.3 Å². The molecule has 0 bridgehead atoms. The summed E-state index contributed by atoms with van der Waals surface area (Å²) >= 11 is 1.70. The molecular weight excluding hydrogens is 306 g/mol. The van der Waals surface area contributed by atoms with Crippen molar-refractivity contribution >= 4 is 11.8 Å². The zero-order chi connectivity index (χ0) is 16.2. The first kappa shape index (κ1) is 16.2. The van der Waals surface area contributed by atoms with Crippen molar-refractivity contribution < 1.29 is 9.47 Å². The second kappa shape index (κ2) is 7.28. The lowest BCUT2D eigenvalue weighted by Gasteiger charge is -2.29. The van der Waals surface area contributed by atoms with E-state index in [9.17, 15) is 0 Å². The highest BCUT2D eigenvalue weighted by Crippen LogP contribution is 2.35. The number of fused-ring (bicyclic) bond motifs is 1. The molecule has 1 aliphatic heterocycles. The molecule has 2 aromatic carbocycles. The Kier molecular flexibility index (Phi) is 5.13. The maximum absolute atomic E-state index is 5.75. The predicted octanol–water partition coefficient (Wildman–Crippen LogP) is 4.59. The molecule has 0 saturated heterocycles. The molecule has 23 heavy (non-hydrogen) atoms. The first-order valence-electron chi connectivity index (χ1n) is 7.92. The van der Waals surface area contributed by atoms with Gasteiger partial charge in [0.2, 0.25) is 0 Å². The van der Waals surface area contributed by atoms with Gasteiger partial charge in [-0.1, -0.05) is 24.3 Å². The van der Waals surface area contributed by atoms with E-state index in [-0.39, 0.29) is 6.04 Å². The summed E-state index contributed by atoms with van der Waals surface area (Å²) in [4.78, 5) is 1.17. The van der Waals surface area contributed by atoms with Crippen molar-refractivity contribution in [3.8, 4) is 11.5 Å². The van der Waals surface area contributed by atoms with Crippen LogP contribution in [-0.2, 0) is 0 Å². The summed E-state index contributed by atoms with van der Waals surface area (Å²) in [5, 5.41) is 3.74. The summed E-state index contributed by atoms with van der Waals surface area (Å²) in [6.07, 6.45) is 3.06. The van der Waals surface area contributed by atoms with Crippen LogP contribution in [0.15, 0.2) is 47.4 Å². The molecule has 0 radical (unpaired) electrons. The van der Waals surface area contributed by atoms with Gasteiger partial charge in [-0.15, -0.1) is 11.8 Å². The Labute approximate surface area is 142 Å². The molecule has 0 amide bonds. The molecule has 0 fully saturated rings. The number of para-hydroxylation sites is 1. The predicted molar refractivity (Wildman–Crippen MR) is 95.6 cm³/mol. The largest absolute Gasteiger partial charge is 0.496 e. The Hall–Kier alpha value is -1.65. The third-order valence-electron chi connectivity index (χ3n) is 4.32. The number of benzene rings is 2. The third kappa shape index (κ3) is 3.48. The lowest BCUT2D eigenvalue weighted by molar-refractivity contribution is 0.246. The van der Waals surface area contributed by atoms with Crippen molar-refractivity contribution in [2.24, 2.45) is 0 Å². The van der Waals surface area contributed by atoms with Crippen molar-refractivity contribution in [2.75, 3.05) is 20.0 Å². The number of rotatable bonds is 5. The SMILES string of the molecule is COc1cc(C(C)NC2CCOc3ccccc32)ccc1SC. The van der Waals surface area contributed by atoms with E-state index in [0.29, 0.717) is 6.04 Å². The highest BCUT2D eigenvalue weighted by Gasteiger charge is 2.23. The van der Waals surface area contributed by atoms with Gasteiger partial charge in [0.05, 0.1) is 13.7 Å². The molecule has 122 valence electrons. The van der Waals surface area contributed by atoms with E-state index in [4.69, 9.17) is 9.47 Å². The maximum Gasteiger partial charge on any atom is 0.132 e. The van der Waals surface area contributed by atoms with E-state index in [0.717, 1.165) is 24.5 Å². The number of thioether (sulfide) groups is 1. The van der Waals surface area contributed by atoms with E-state index >= 15 is 0 Å². The highest BCUT2D eigenvalue weighted by molar-refractivity contribution is 7.98. The van der Waals surface area contributed by atoms with Gasteiger partial charge < -0.3 is 14.8 Å². The lowest BCUT2D eigenvalue weighted by Crippen LogP contribution is -2.29. The van der Waals surface area contributed by atoms with E-state index in [1.807, 2.05) is 12.1 Å². The first-order valence-corrected chi connectivity index (χ1v) is 9.15. The molecular formula is C19H23NO2S. The van der Waals surface area contributed by atoms with E-state index < -0.39 is 0 Å². The van der Waals surface area contributed by atoms with Gasteiger partial charge in [-0.25, -0.2) is 0 Å². The monoisotopic (exact) mass is 329 g/mol. The molecule has 1 aliphatic rings. The van der Waals surface area contributed by atoms with Gasteiger partial charge in [-0.3, -0.25) is 0 Å². The van der Waals surface area contributed by atoms with Crippen LogP contribution in [0, 0.1) is 0 Å². The third-order valence-corrected chi connectivity index (χ3v) is 5.09. The molecule has 1 N–H and O–H groups in total. The molecule has 0 aromatic heterocycles. The number of ether oxygens (including phenoxy) is 2. The zero-order valence-electron chi connectivity index (χ0n) is 13.8. The highest BCUT2D eigenvalue weighted by atomic mass is 32.2. The van der Waals surface area contributed by atoms with Gasteiger partial charge >= 0.3 is 0 Å². The summed E-state index contributed by atoms with van der Waals surface area (Å²) in [7, 11) is 1.73. The first-order chi connectivity index (χ1) is 11.2. The zero-order valence-corrected chi connectivity index (χ0v) is 14.7. The Morgan fingerprint density at radius 2 is 2.09 bits per heavy atom. The molecule has 2 unspecified atom stereocenters. The summed E-state index contributed by atoms with van der Waals surface area (Å²) in [6, 6.07) is 15.3. The van der Waals surface area contributed by atoms with Crippen LogP contribution >= 0.6 is 11.8 Å². The van der Waals surface area contributed by atoms with Gasteiger partial charge in [0.15, 0.2) is 0 Å². The van der Waals surface area contributed by atoms with Crippen molar-refractivity contribution in [3.63, 3.8) is 0 Å². The smallest absolute Gasteiger partial charge is 0.132 e. The quantitative estimate of drug-likeness (QED) is 0.813. The normalized spacial score (nSPS) is 18.0. The van der Waals surface area contributed by atoms with Crippen LogP contribution in [0.1, 0.15) is 36.6 Å². The Balaban J connectivity index is 1.79. The average molecular weight is 329 g/mol. The molecule has 4 heteroatoms. The fourth-order valence-electron chi connectivity index (χ4n) is 3.04. The van der Waals surface area contributed by atoms with Crippen molar-refractivity contribution in [1.82, 2.24) is 5.32 Å². The maximum atomic E-state index is 5.75. The number of hydrogen-bond donors (Lipinski definition) is 1. The number of hydrogen-bond acceptors (Lipinski definition) is 4. The standard InChI is InChI=1S/C19H23NO2S/c1-13(14-8-9-19(23-3)18(12-14)21-2)20-16-10-11-22-17-7-5-4-6-15(16)17/h4-9,12-13,16,20H,10-11H2,1-3H3. The number of methoxy groups -OCH3 is 1. The van der Waals surface area contributed by atoms with Gasteiger partial charge in [-0.2, -0.15) is 0 Å². The molecule has 2 atom stereocenters. The van der Waals surface area contributed by atoms with Gasteiger partial charge in [0.1, 0.15) is 11.5 Å². The van der Waals surface area contributed by atoms with Crippen LogP contribution in [0.5, 0.6) is 11.5 Å². The summed E-state index contributed by atoms with van der Waals surface area (Å²) in [6.45, 7) is 2.96. The van der Waals surface area contributed by atoms with Crippen molar-refractivity contribution in [1.29, 1.82) is 0 Å². The lowest BCUT2D eigenvalue weighted by atomic mass is 9.98. The van der Waals surface area contributed by atoms with E-state index in [2.05, 4.69) is 48.8 Å². The van der Waals surface area contributed by atoms with E-state index in [1.54, 1.807) is 18.9 Å². The average Bonchev–Trinajstić information content (AvgIpc) is 2.61. The Bertz CT molecular complexity index is 674. The number of nitrogens with one attached hydrogen (secondary N) is 1. The summed E-state index contributed by atoms with van der Waals surface area (Å²) < 4.78 is 11.2. The van der Waals surface area contributed by atoms with Crippen LogP contribution < -0.4 is 14.8 Å². The summed E-state index contributed by atoms with van der Waals surface area (Å²) in [5.74, 6) is 1.94. The van der Waals surface area contributed by atoms with Crippen LogP contribution in [0.25, 0.3) is 0 Å². The molecule has 2 aromatic rings. The minimum atomic E-state index is 0.246.